The summed E-state index contributed by atoms with van der Waals surface area (Å²) in [6.45, 7) is 6.96. The fraction of sp³-hybridized carbons (Fsp3) is 0.667. The van der Waals surface area contributed by atoms with Gasteiger partial charge in [0.15, 0.2) is 6.29 Å². The Labute approximate surface area is 176 Å². The number of hydrogen-bond donors (Lipinski definition) is 0. The average Bonchev–Trinajstić information content (AvgIpc) is 3.27. The van der Waals surface area contributed by atoms with E-state index in [4.69, 9.17) is 21.1 Å². The van der Waals surface area contributed by atoms with Crippen molar-refractivity contribution >= 4 is 17.5 Å². The van der Waals surface area contributed by atoms with Crippen molar-refractivity contribution < 1.29 is 18.7 Å². The van der Waals surface area contributed by atoms with E-state index in [0.29, 0.717) is 55.9 Å². The van der Waals surface area contributed by atoms with Gasteiger partial charge in [0.1, 0.15) is 5.82 Å². The molecule has 3 fully saturated rings. The number of ether oxygens (including phenoxy) is 2. The molecule has 0 bridgehead atoms. The molecule has 1 aromatic carbocycles. The van der Waals surface area contributed by atoms with E-state index in [-0.39, 0.29) is 18.0 Å². The van der Waals surface area contributed by atoms with Crippen molar-refractivity contribution in [2.75, 3.05) is 59.0 Å². The van der Waals surface area contributed by atoms with Crippen molar-refractivity contribution in [1.29, 1.82) is 0 Å². The third-order valence-electron chi connectivity index (χ3n) is 6.19. The van der Waals surface area contributed by atoms with Crippen molar-refractivity contribution in [3.05, 3.63) is 34.6 Å². The first-order valence-corrected chi connectivity index (χ1v) is 10.9. The first-order valence-electron chi connectivity index (χ1n) is 10.5. The van der Waals surface area contributed by atoms with Crippen LogP contribution >= 0.6 is 11.6 Å². The van der Waals surface area contributed by atoms with Crippen LogP contribution in [0.5, 0.6) is 0 Å². The largest absolute Gasteiger partial charge is 0.350 e. The predicted octanol–water partition coefficient (Wildman–Crippen LogP) is 2.21. The van der Waals surface area contributed by atoms with Crippen LogP contribution in [0.15, 0.2) is 18.2 Å². The number of likely N-dealkylation sites (tertiary alicyclic amines) is 1. The van der Waals surface area contributed by atoms with Gasteiger partial charge in [-0.25, -0.2) is 4.39 Å². The van der Waals surface area contributed by atoms with Gasteiger partial charge >= 0.3 is 0 Å². The Hall–Kier alpha value is -1.25. The van der Waals surface area contributed by atoms with E-state index in [1.807, 2.05) is 4.90 Å². The average molecular weight is 426 g/mol. The number of halogens is 2. The molecular formula is C21H29ClFN3O3. The third kappa shape index (κ3) is 5.27. The molecule has 160 valence electrons. The molecule has 0 aromatic heterocycles. The minimum absolute atomic E-state index is 0.0520. The molecule has 3 saturated heterocycles. The molecule has 0 aliphatic carbocycles. The maximum Gasteiger partial charge on any atom is 0.236 e. The zero-order valence-electron chi connectivity index (χ0n) is 16.7. The Morgan fingerprint density at radius 3 is 2.38 bits per heavy atom. The third-order valence-corrected chi connectivity index (χ3v) is 6.55. The van der Waals surface area contributed by atoms with Crippen molar-refractivity contribution in [2.24, 2.45) is 5.92 Å². The first-order chi connectivity index (χ1) is 14.1. The standard InChI is InChI=1S/C21H29ClFN3O3/c22-18-2-1-3-19(23)17(18)14-25-8-10-26(11-9-25)20(27)15-24-6-4-16(5-7-24)21-28-12-13-29-21/h1-3,16,21H,4-15H2. The summed E-state index contributed by atoms with van der Waals surface area (Å²) < 4.78 is 25.2. The molecule has 8 heteroatoms. The lowest BCUT2D eigenvalue weighted by Gasteiger charge is -2.37. The van der Waals surface area contributed by atoms with Gasteiger partial charge in [0, 0.05) is 49.2 Å². The van der Waals surface area contributed by atoms with Crippen LogP contribution in [0.3, 0.4) is 0 Å². The number of carbonyl (C=O) groups is 1. The molecule has 0 unspecified atom stereocenters. The van der Waals surface area contributed by atoms with Gasteiger partial charge in [0.05, 0.1) is 19.8 Å². The number of rotatable bonds is 5. The summed E-state index contributed by atoms with van der Waals surface area (Å²) in [4.78, 5) is 19.0. The highest BCUT2D eigenvalue weighted by Crippen LogP contribution is 2.26. The van der Waals surface area contributed by atoms with E-state index in [2.05, 4.69) is 9.80 Å². The molecule has 3 aliphatic heterocycles. The zero-order valence-corrected chi connectivity index (χ0v) is 17.5. The minimum Gasteiger partial charge on any atom is -0.350 e. The number of carbonyl (C=O) groups excluding carboxylic acids is 1. The number of amides is 1. The quantitative estimate of drug-likeness (QED) is 0.723. The number of hydrogen-bond acceptors (Lipinski definition) is 5. The molecule has 6 nitrogen and oxygen atoms in total. The molecule has 4 rings (SSSR count). The first kappa shape index (κ1) is 21.0. The van der Waals surface area contributed by atoms with Crippen molar-refractivity contribution in [2.45, 2.75) is 25.7 Å². The Kier molecular flexibility index (Phi) is 7.03. The van der Waals surface area contributed by atoms with Crippen molar-refractivity contribution in [3.63, 3.8) is 0 Å². The van der Waals surface area contributed by atoms with Gasteiger partial charge in [-0.15, -0.1) is 0 Å². The molecular weight excluding hydrogens is 397 g/mol. The summed E-state index contributed by atoms with van der Waals surface area (Å²) in [5, 5.41) is 0.459. The SMILES string of the molecule is O=C(CN1CCC(C2OCCO2)CC1)N1CCN(Cc2c(F)cccc2Cl)CC1. The molecule has 0 N–H and O–H groups in total. The molecule has 0 saturated carbocycles. The van der Waals surface area contributed by atoms with Crippen LogP contribution in [0.25, 0.3) is 0 Å². The number of piperazine rings is 1. The number of nitrogens with zero attached hydrogens (tertiary/aromatic N) is 3. The topological polar surface area (TPSA) is 45.3 Å². The summed E-state index contributed by atoms with van der Waals surface area (Å²) in [5.41, 5.74) is 0.534. The summed E-state index contributed by atoms with van der Waals surface area (Å²) >= 11 is 6.14. The molecule has 3 heterocycles. The van der Waals surface area contributed by atoms with E-state index in [9.17, 15) is 9.18 Å². The van der Waals surface area contributed by atoms with Crippen LogP contribution in [0, 0.1) is 11.7 Å². The fourth-order valence-electron chi connectivity index (χ4n) is 4.39. The second kappa shape index (κ2) is 9.71. The monoisotopic (exact) mass is 425 g/mol. The molecule has 0 spiro atoms. The van der Waals surface area contributed by atoms with Gasteiger partial charge in [-0.05, 0) is 38.1 Å². The Morgan fingerprint density at radius 1 is 1.03 bits per heavy atom. The Bertz CT molecular complexity index is 680. The molecule has 29 heavy (non-hydrogen) atoms. The van der Waals surface area contributed by atoms with E-state index < -0.39 is 0 Å². The summed E-state index contributed by atoms with van der Waals surface area (Å²) in [6, 6.07) is 4.78. The second-order valence-corrected chi connectivity index (χ2v) is 8.49. The van der Waals surface area contributed by atoms with E-state index in [1.54, 1.807) is 12.1 Å². The molecule has 0 radical (unpaired) electrons. The summed E-state index contributed by atoms with van der Waals surface area (Å²) in [6.07, 6.45) is 1.97. The van der Waals surface area contributed by atoms with Crippen LogP contribution in [-0.2, 0) is 20.8 Å². The van der Waals surface area contributed by atoms with Crippen LogP contribution < -0.4 is 0 Å². The summed E-state index contributed by atoms with van der Waals surface area (Å²) in [5.74, 6) is 0.353. The maximum absolute atomic E-state index is 14.0. The van der Waals surface area contributed by atoms with Crippen LogP contribution in [-0.4, -0.2) is 85.9 Å². The number of benzene rings is 1. The van der Waals surface area contributed by atoms with Gasteiger partial charge in [0.2, 0.25) is 5.91 Å². The van der Waals surface area contributed by atoms with Gasteiger partial charge in [-0.2, -0.15) is 0 Å². The predicted molar refractivity (Wildman–Crippen MR) is 108 cm³/mol. The normalized spacial score (nSPS) is 23.0. The van der Waals surface area contributed by atoms with Crippen molar-refractivity contribution in [1.82, 2.24) is 14.7 Å². The van der Waals surface area contributed by atoms with Crippen LogP contribution in [0.1, 0.15) is 18.4 Å². The van der Waals surface area contributed by atoms with Crippen molar-refractivity contribution in [3.8, 4) is 0 Å². The Balaban J connectivity index is 1.19. The molecule has 1 aromatic rings. The molecule has 3 aliphatic rings. The Morgan fingerprint density at radius 2 is 1.72 bits per heavy atom. The lowest BCUT2D eigenvalue weighted by atomic mass is 9.96. The van der Waals surface area contributed by atoms with Gasteiger partial charge in [-0.1, -0.05) is 17.7 Å². The number of piperidine rings is 1. The van der Waals surface area contributed by atoms with Crippen LogP contribution in [0.4, 0.5) is 4.39 Å². The van der Waals surface area contributed by atoms with E-state index in [0.717, 1.165) is 39.0 Å². The zero-order chi connectivity index (χ0) is 20.2. The molecule has 0 atom stereocenters. The maximum atomic E-state index is 14.0. The minimum atomic E-state index is -0.271. The molecule has 1 amide bonds. The second-order valence-electron chi connectivity index (χ2n) is 8.08. The van der Waals surface area contributed by atoms with Gasteiger partial charge in [0.25, 0.3) is 0 Å². The van der Waals surface area contributed by atoms with E-state index >= 15 is 0 Å². The lowest BCUT2D eigenvalue weighted by Crippen LogP contribution is -2.51. The van der Waals surface area contributed by atoms with Gasteiger partial charge in [-0.3, -0.25) is 14.6 Å². The smallest absolute Gasteiger partial charge is 0.236 e. The highest BCUT2D eigenvalue weighted by Gasteiger charge is 2.31. The van der Waals surface area contributed by atoms with E-state index in [1.165, 1.54) is 6.07 Å². The van der Waals surface area contributed by atoms with Crippen LogP contribution in [0.2, 0.25) is 5.02 Å². The highest BCUT2D eigenvalue weighted by atomic mass is 35.5. The fourth-order valence-corrected chi connectivity index (χ4v) is 4.61. The lowest BCUT2D eigenvalue weighted by molar-refractivity contribution is -0.135. The summed E-state index contributed by atoms with van der Waals surface area (Å²) in [7, 11) is 0. The van der Waals surface area contributed by atoms with Gasteiger partial charge < -0.3 is 14.4 Å². The highest BCUT2D eigenvalue weighted by molar-refractivity contribution is 6.31.